The van der Waals surface area contributed by atoms with E-state index < -0.39 is 6.16 Å². The first-order valence-corrected chi connectivity index (χ1v) is 3.67. The highest BCUT2D eigenvalue weighted by Crippen LogP contribution is 2.04. The molecule has 0 saturated carbocycles. The average molecular weight is 200 g/mol. The molecule has 0 aliphatic rings. The number of nitrogen functional groups attached to an aromatic ring is 1. The van der Waals surface area contributed by atoms with E-state index in [4.69, 9.17) is 26.5 Å². The lowest BCUT2D eigenvalue weighted by Gasteiger charge is -1.99. The summed E-state index contributed by atoms with van der Waals surface area (Å²) in [5, 5.41) is 13.9. The minimum atomic E-state index is -1.83. The number of rotatable bonds is 1. The fourth-order valence-electron chi connectivity index (χ4n) is 0.670. The lowest BCUT2D eigenvalue weighted by molar-refractivity contribution is 0.137. The first kappa shape index (κ1) is 12.1. The Morgan fingerprint density at radius 1 is 1.57 bits per heavy atom. The van der Waals surface area contributed by atoms with Crippen molar-refractivity contribution in [2.75, 3.05) is 5.73 Å². The van der Waals surface area contributed by atoms with Gasteiger partial charge in [-0.1, -0.05) is 0 Å². The molecule has 0 atom stereocenters. The molecule has 0 aliphatic heterocycles. The molecule has 1 heterocycles. The summed E-state index contributed by atoms with van der Waals surface area (Å²) in [5.41, 5.74) is 11.6. The predicted octanol–water partition coefficient (Wildman–Crippen LogP) is 0.0483. The fourth-order valence-corrected chi connectivity index (χ4v) is 0.670. The topological polar surface area (TPSA) is 135 Å². The average Bonchev–Trinajstić information content (AvgIpc) is 2.03. The summed E-state index contributed by atoms with van der Waals surface area (Å²) < 4.78 is 0. The molecule has 0 radical (unpaired) electrons. The van der Waals surface area contributed by atoms with Gasteiger partial charge >= 0.3 is 6.16 Å². The zero-order chi connectivity index (χ0) is 11.1. The number of carboxylic acid groups (broad SMARTS) is 2. The van der Waals surface area contributed by atoms with Crippen molar-refractivity contribution in [3.63, 3.8) is 0 Å². The molecule has 0 saturated heterocycles. The van der Waals surface area contributed by atoms with Crippen molar-refractivity contribution in [2.45, 2.75) is 13.5 Å². The molecule has 0 aromatic carbocycles. The van der Waals surface area contributed by atoms with Gasteiger partial charge in [0.25, 0.3) is 0 Å². The predicted molar refractivity (Wildman–Crippen MR) is 49.7 cm³/mol. The molecular weight excluding hydrogens is 188 g/mol. The second-order valence-electron chi connectivity index (χ2n) is 2.31. The van der Waals surface area contributed by atoms with Gasteiger partial charge in [-0.25, -0.2) is 14.8 Å². The molecule has 0 fully saturated rings. The Bertz CT molecular complexity index is 312. The zero-order valence-electron chi connectivity index (χ0n) is 7.64. The van der Waals surface area contributed by atoms with E-state index >= 15 is 0 Å². The molecular formula is C7H12N4O3. The second kappa shape index (κ2) is 5.70. The number of carbonyl (C=O) groups is 1. The van der Waals surface area contributed by atoms with Crippen molar-refractivity contribution < 1.29 is 15.0 Å². The van der Waals surface area contributed by atoms with Gasteiger partial charge in [0.05, 0.1) is 0 Å². The SMILES string of the molecule is Cc1ncc(CN)c(N)n1.O=C(O)O. The Morgan fingerprint density at radius 3 is 2.43 bits per heavy atom. The highest BCUT2D eigenvalue weighted by Gasteiger charge is 1.97. The van der Waals surface area contributed by atoms with Crippen LogP contribution in [0.15, 0.2) is 6.20 Å². The van der Waals surface area contributed by atoms with Gasteiger partial charge in [-0.3, -0.25) is 0 Å². The third kappa shape index (κ3) is 4.88. The fraction of sp³-hybridized carbons (Fsp3) is 0.286. The number of nitrogens with two attached hydrogens (primary N) is 2. The molecule has 0 aliphatic carbocycles. The van der Waals surface area contributed by atoms with Crippen molar-refractivity contribution in [3.8, 4) is 0 Å². The van der Waals surface area contributed by atoms with E-state index in [0.717, 1.165) is 5.56 Å². The third-order valence-electron chi connectivity index (χ3n) is 1.24. The number of aromatic nitrogens is 2. The monoisotopic (exact) mass is 200 g/mol. The van der Waals surface area contributed by atoms with Crippen LogP contribution in [0.4, 0.5) is 10.6 Å². The van der Waals surface area contributed by atoms with Gasteiger partial charge < -0.3 is 21.7 Å². The molecule has 0 amide bonds. The standard InChI is InChI=1S/C6H10N4.CH2O3/c1-4-9-3-5(2-7)6(8)10-4;2-1(3)4/h3H,2,7H2,1H3,(H2,8,9,10);(H2,2,3,4). The van der Waals surface area contributed by atoms with Crippen molar-refractivity contribution in [3.05, 3.63) is 17.6 Å². The number of hydrogen-bond acceptors (Lipinski definition) is 5. The van der Waals surface area contributed by atoms with E-state index in [1.54, 1.807) is 13.1 Å². The minimum Gasteiger partial charge on any atom is -0.450 e. The second-order valence-corrected chi connectivity index (χ2v) is 2.31. The Kier molecular flexibility index (Phi) is 4.93. The summed E-state index contributed by atoms with van der Waals surface area (Å²) >= 11 is 0. The van der Waals surface area contributed by atoms with E-state index in [9.17, 15) is 0 Å². The lowest BCUT2D eigenvalue weighted by atomic mass is 10.3. The van der Waals surface area contributed by atoms with Gasteiger partial charge in [-0.15, -0.1) is 0 Å². The van der Waals surface area contributed by atoms with Crippen molar-refractivity contribution in [1.29, 1.82) is 0 Å². The summed E-state index contributed by atoms with van der Waals surface area (Å²) in [6.45, 7) is 2.18. The zero-order valence-corrected chi connectivity index (χ0v) is 7.64. The highest BCUT2D eigenvalue weighted by atomic mass is 16.6. The van der Waals surface area contributed by atoms with Gasteiger partial charge in [0, 0.05) is 18.3 Å². The normalized spacial score (nSPS) is 8.71. The number of nitrogens with zero attached hydrogens (tertiary/aromatic N) is 2. The number of aryl methyl sites for hydroxylation is 1. The van der Waals surface area contributed by atoms with Crippen LogP contribution < -0.4 is 11.5 Å². The summed E-state index contributed by atoms with van der Waals surface area (Å²) in [4.78, 5) is 16.4. The first-order valence-electron chi connectivity index (χ1n) is 3.67. The number of anilines is 1. The Labute approximate surface area is 80.4 Å². The van der Waals surface area contributed by atoms with Gasteiger partial charge in [0.1, 0.15) is 11.6 Å². The van der Waals surface area contributed by atoms with Crippen LogP contribution in [-0.2, 0) is 6.54 Å². The minimum absolute atomic E-state index is 0.395. The van der Waals surface area contributed by atoms with E-state index in [1.165, 1.54) is 0 Å². The van der Waals surface area contributed by atoms with E-state index in [0.29, 0.717) is 18.2 Å². The quantitative estimate of drug-likeness (QED) is 0.502. The maximum Gasteiger partial charge on any atom is 0.503 e. The van der Waals surface area contributed by atoms with Gasteiger partial charge in [0.15, 0.2) is 0 Å². The van der Waals surface area contributed by atoms with Crippen LogP contribution in [0.25, 0.3) is 0 Å². The van der Waals surface area contributed by atoms with Crippen molar-refractivity contribution in [1.82, 2.24) is 9.97 Å². The molecule has 7 nitrogen and oxygen atoms in total. The maximum atomic E-state index is 8.56. The molecule has 1 rings (SSSR count). The van der Waals surface area contributed by atoms with Gasteiger partial charge in [0.2, 0.25) is 0 Å². The molecule has 0 spiro atoms. The largest absolute Gasteiger partial charge is 0.503 e. The summed E-state index contributed by atoms with van der Waals surface area (Å²) in [6, 6.07) is 0. The van der Waals surface area contributed by atoms with Gasteiger partial charge in [-0.05, 0) is 6.92 Å². The maximum absolute atomic E-state index is 8.56. The van der Waals surface area contributed by atoms with Crippen LogP contribution >= 0.6 is 0 Å². The Balaban J connectivity index is 0.000000364. The van der Waals surface area contributed by atoms with E-state index in [2.05, 4.69) is 9.97 Å². The molecule has 1 aromatic heterocycles. The van der Waals surface area contributed by atoms with E-state index in [1.807, 2.05) is 0 Å². The molecule has 78 valence electrons. The Hall–Kier alpha value is -1.89. The highest BCUT2D eigenvalue weighted by molar-refractivity contribution is 5.53. The molecule has 1 aromatic rings. The van der Waals surface area contributed by atoms with Crippen LogP contribution in [0, 0.1) is 6.92 Å². The van der Waals surface area contributed by atoms with Crippen LogP contribution in [0.5, 0.6) is 0 Å². The lowest BCUT2D eigenvalue weighted by Crippen LogP contribution is -2.05. The summed E-state index contributed by atoms with van der Waals surface area (Å²) in [6.07, 6.45) is -0.183. The van der Waals surface area contributed by atoms with E-state index in [-0.39, 0.29) is 0 Å². The summed E-state index contributed by atoms with van der Waals surface area (Å²) in [7, 11) is 0. The number of hydrogen-bond donors (Lipinski definition) is 4. The van der Waals surface area contributed by atoms with Crippen LogP contribution in [0.1, 0.15) is 11.4 Å². The molecule has 14 heavy (non-hydrogen) atoms. The molecule has 7 heteroatoms. The smallest absolute Gasteiger partial charge is 0.450 e. The molecule has 0 bridgehead atoms. The molecule has 6 N–H and O–H groups in total. The van der Waals surface area contributed by atoms with Crippen LogP contribution in [0.3, 0.4) is 0 Å². The third-order valence-corrected chi connectivity index (χ3v) is 1.24. The first-order chi connectivity index (χ1) is 6.47. The van der Waals surface area contributed by atoms with Crippen LogP contribution in [0.2, 0.25) is 0 Å². The summed E-state index contributed by atoms with van der Waals surface area (Å²) in [5.74, 6) is 1.16. The van der Waals surface area contributed by atoms with Crippen molar-refractivity contribution >= 4 is 12.0 Å². The van der Waals surface area contributed by atoms with Crippen molar-refractivity contribution in [2.24, 2.45) is 5.73 Å². The van der Waals surface area contributed by atoms with Gasteiger partial charge in [-0.2, -0.15) is 0 Å². The van der Waals surface area contributed by atoms with Crippen LogP contribution in [-0.4, -0.2) is 26.3 Å². The Morgan fingerprint density at radius 2 is 2.07 bits per heavy atom. The molecule has 0 unspecified atom stereocenters.